The van der Waals surface area contributed by atoms with Crippen LogP contribution in [-0.2, 0) is 0 Å². The molecule has 0 aliphatic heterocycles. The van der Waals surface area contributed by atoms with Gasteiger partial charge in [0.25, 0.3) is 0 Å². The highest BCUT2D eigenvalue weighted by molar-refractivity contribution is 9.10. The molecule has 0 heterocycles. The minimum absolute atomic E-state index is 0.365. The Bertz CT molecular complexity index is 364. The topological polar surface area (TPSA) is 12.0 Å². The molecule has 0 aliphatic rings. The Morgan fingerprint density at radius 1 is 1.28 bits per heavy atom. The standard InChI is InChI=1S/C15H23BrClN/c1-5-18-14(6-7-15(2,3)4)11-8-12(16)10-13(17)9-11/h8-10,14,18H,5-7H2,1-4H3. The molecule has 1 unspecified atom stereocenters. The van der Waals surface area contributed by atoms with Crippen LogP contribution < -0.4 is 5.32 Å². The van der Waals surface area contributed by atoms with Crippen molar-refractivity contribution in [3.8, 4) is 0 Å². The summed E-state index contributed by atoms with van der Waals surface area (Å²) in [7, 11) is 0. The van der Waals surface area contributed by atoms with Gasteiger partial charge in [-0.1, -0.05) is 55.2 Å². The highest BCUT2D eigenvalue weighted by Crippen LogP contribution is 2.30. The van der Waals surface area contributed by atoms with Gasteiger partial charge in [-0.25, -0.2) is 0 Å². The van der Waals surface area contributed by atoms with Gasteiger partial charge in [0, 0.05) is 15.5 Å². The molecule has 0 spiro atoms. The lowest BCUT2D eigenvalue weighted by Crippen LogP contribution is -2.22. The lowest BCUT2D eigenvalue weighted by Gasteiger charge is -2.24. The third kappa shape index (κ3) is 5.73. The fourth-order valence-corrected chi connectivity index (χ4v) is 2.87. The van der Waals surface area contributed by atoms with Crippen molar-refractivity contribution in [2.24, 2.45) is 5.41 Å². The van der Waals surface area contributed by atoms with Crippen molar-refractivity contribution in [2.75, 3.05) is 6.54 Å². The smallest absolute Gasteiger partial charge is 0.0420 e. The van der Waals surface area contributed by atoms with E-state index in [1.165, 1.54) is 12.0 Å². The fraction of sp³-hybridized carbons (Fsp3) is 0.600. The van der Waals surface area contributed by atoms with E-state index in [0.29, 0.717) is 11.5 Å². The summed E-state index contributed by atoms with van der Waals surface area (Å²) >= 11 is 9.64. The number of rotatable bonds is 5. The van der Waals surface area contributed by atoms with Gasteiger partial charge in [-0.3, -0.25) is 0 Å². The van der Waals surface area contributed by atoms with Crippen LogP contribution in [0.15, 0.2) is 22.7 Å². The summed E-state index contributed by atoms with van der Waals surface area (Å²) in [6, 6.07) is 6.52. The lowest BCUT2D eigenvalue weighted by molar-refractivity contribution is 0.334. The average Bonchev–Trinajstić information content (AvgIpc) is 2.21. The second-order valence-corrected chi connectivity index (χ2v) is 7.26. The molecule has 0 bridgehead atoms. The molecule has 1 atom stereocenters. The van der Waals surface area contributed by atoms with E-state index in [1.807, 2.05) is 6.07 Å². The Balaban J connectivity index is 2.83. The molecule has 102 valence electrons. The predicted molar refractivity (Wildman–Crippen MR) is 84.3 cm³/mol. The first kappa shape index (κ1) is 16.0. The van der Waals surface area contributed by atoms with Crippen LogP contribution in [0.2, 0.25) is 5.02 Å². The molecule has 0 saturated carbocycles. The molecule has 1 N–H and O–H groups in total. The molecule has 0 radical (unpaired) electrons. The van der Waals surface area contributed by atoms with Crippen LogP contribution in [0.5, 0.6) is 0 Å². The number of halogens is 2. The second-order valence-electron chi connectivity index (χ2n) is 5.91. The van der Waals surface area contributed by atoms with Crippen molar-refractivity contribution in [3.63, 3.8) is 0 Å². The maximum absolute atomic E-state index is 6.13. The van der Waals surface area contributed by atoms with Crippen molar-refractivity contribution < 1.29 is 0 Å². The Labute approximate surface area is 124 Å². The van der Waals surface area contributed by atoms with Crippen molar-refractivity contribution in [1.82, 2.24) is 5.32 Å². The third-order valence-electron chi connectivity index (χ3n) is 2.92. The largest absolute Gasteiger partial charge is 0.310 e. The fourth-order valence-electron chi connectivity index (χ4n) is 1.99. The maximum atomic E-state index is 6.13. The Morgan fingerprint density at radius 2 is 1.94 bits per heavy atom. The minimum atomic E-state index is 0.365. The van der Waals surface area contributed by atoms with E-state index in [9.17, 15) is 0 Å². The van der Waals surface area contributed by atoms with E-state index >= 15 is 0 Å². The zero-order chi connectivity index (χ0) is 13.8. The second kappa shape index (κ2) is 6.93. The summed E-state index contributed by atoms with van der Waals surface area (Å²) < 4.78 is 1.05. The van der Waals surface area contributed by atoms with E-state index in [-0.39, 0.29) is 0 Å². The molecule has 0 saturated heterocycles. The average molecular weight is 333 g/mol. The Morgan fingerprint density at radius 3 is 2.44 bits per heavy atom. The van der Waals surface area contributed by atoms with Crippen LogP contribution >= 0.6 is 27.5 Å². The highest BCUT2D eigenvalue weighted by Gasteiger charge is 2.16. The van der Waals surface area contributed by atoms with E-state index in [4.69, 9.17) is 11.6 Å². The SMILES string of the molecule is CCNC(CCC(C)(C)C)c1cc(Cl)cc(Br)c1. The van der Waals surface area contributed by atoms with Crippen LogP contribution in [0.25, 0.3) is 0 Å². The molecule has 1 aromatic carbocycles. The van der Waals surface area contributed by atoms with Gasteiger partial charge in [0.2, 0.25) is 0 Å². The molecule has 1 rings (SSSR count). The summed E-state index contributed by atoms with van der Waals surface area (Å²) in [4.78, 5) is 0. The van der Waals surface area contributed by atoms with Gasteiger partial charge in [0.15, 0.2) is 0 Å². The molecule has 18 heavy (non-hydrogen) atoms. The first-order valence-corrected chi connectivity index (χ1v) is 7.68. The molecule has 0 aliphatic carbocycles. The summed E-state index contributed by atoms with van der Waals surface area (Å²) in [5, 5.41) is 4.34. The first-order chi connectivity index (χ1) is 8.31. The van der Waals surface area contributed by atoms with Gasteiger partial charge in [-0.15, -0.1) is 0 Å². The Kier molecular flexibility index (Phi) is 6.16. The molecular weight excluding hydrogens is 310 g/mol. The third-order valence-corrected chi connectivity index (χ3v) is 3.60. The zero-order valence-electron chi connectivity index (χ0n) is 11.7. The van der Waals surface area contributed by atoms with E-state index in [2.05, 4.69) is 61.1 Å². The zero-order valence-corrected chi connectivity index (χ0v) is 14.0. The van der Waals surface area contributed by atoms with Crippen molar-refractivity contribution in [1.29, 1.82) is 0 Å². The van der Waals surface area contributed by atoms with Gasteiger partial charge in [0.05, 0.1) is 0 Å². The quantitative estimate of drug-likeness (QED) is 0.742. The summed E-state index contributed by atoms with van der Waals surface area (Å²) in [6.45, 7) is 9.96. The van der Waals surface area contributed by atoms with Gasteiger partial charge in [0.1, 0.15) is 0 Å². The van der Waals surface area contributed by atoms with Crippen LogP contribution in [0.4, 0.5) is 0 Å². The number of benzene rings is 1. The van der Waals surface area contributed by atoms with Gasteiger partial charge in [-0.05, 0) is 48.6 Å². The van der Waals surface area contributed by atoms with Crippen LogP contribution in [0.1, 0.15) is 52.1 Å². The summed E-state index contributed by atoms with van der Waals surface area (Å²) in [5.41, 5.74) is 1.63. The highest BCUT2D eigenvalue weighted by atomic mass is 79.9. The van der Waals surface area contributed by atoms with Gasteiger partial charge < -0.3 is 5.32 Å². The molecule has 1 aromatic rings. The van der Waals surface area contributed by atoms with E-state index in [0.717, 1.165) is 22.5 Å². The van der Waals surface area contributed by atoms with Crippen LogP contribution in [0, 0.1) is 5.41 Å². The first-order valence-electron chi connectivity index (χ1n) is 6.51. The van der Waals surface area contributed by atoms with Gasteiger partial charge >= 0.3 is 0 Å². The van der Waals surface area contributed by atoms with Crippen molar-refractivity contribution >= 4 is 27.5 Å². The van der Waals surface area contributed by atoms with Crippen molar-refractivity contribution in [3.05, 3.63) is 33.3 Å². The van der Waals surface area contributed by atoms with Crippen molar-refractivity contribution in [2.45, 2.75) is 46.6 Å². The predicted octanol–water partition coefficient (Wildman–Crippen LogP) is 5.58. The number of hydrogen-bond acceptors (Lipinski definition) is 1. The molecule has 1 nitrogen and oxygen atoms in total. The lowest BCUT2D eigenvalue weighted by atomic mass is 9.87. The molecule has 0 aromatic heterocycles. The Hall–Kier alpha value is -0.0500. The maximum Gasteiger partial charge on any atom is 0.0420 e. The molecule has 0 fully saturated rings. The minimum Gasteiger partial charge on any atom is -0.310 e. The van der Waals surface area contributed by atoms with Crippen LogP contribution in [0.3, 0.4) is 0 Å². The molecular formula is C15H23BrClN. The summed E-state index contributed by atoms with van der Waals surface area (Å²) in [6.07, 6.45) is 2.32. The summed E-state index contributed by atoms with van der Waals surface area (Å²) in [5.74, 6) is 0. The number of nitrogens with one attached hydrogen (secondary N) is 1. The van der Waals surface area contributed by atoms with E-state index in [1.54, 1.807) is 0 Å². The monoisotopic (exact) mass is 331 g/mol. The van der Waals surface area contributed by atoms with E-state index < -0.39 is 0 Å². The molecule has 3 heteroatoms. The van der Waals surface area contributed by atoms with Crippen LogP contribution in [-0.4, -0.2) is 6.54 Å². The number of hydrogen-bond donors (Lipinski definition) is 1. The molecule has 0 amide bonds. The van der Waals surface area contributed by atoms with Gasteiger partial charge in [-0.2, -0.15) is 0 Å². The normalized spacial score (nSPS) is 13.7.